The summed E-state index contributed by atoms with van der Waals surface area (Å²) in [4.78, 5) is 10.3. The highest BCUT2D eigenvalue weighted by atomic mass is 16.3. The summed E-state index contributed by atoms with van der Waals surface area (Å²) in [7, 11) is 1.93. The minimum atomic E-state index is 0.280. The summed E-state index contributed by atoms with van der Waals surface area (Å²) in [5.41, 5.74) is 1.10. The van der Waals surface area contributed by atoms with E-state index in [9.17, 15) is 0 Å². The second kappa shape index (κ2) is 4.61. The normalized spacial score (nSPS) is 10.1. The SMILES string of the molecule is CN(Cc1ccc(O)cc1)c1ncccn1. The molecule has 1 aromatic carbocycles. The second-order valence-electron chi connectivity index (χ2n) is 3.57. The molecular formula is C12H13N3O. The van der Waals surface area contributed by atoms with E-state index in [0.717, 1.165) is 5.56 Å². The molecule has 16 heavy (non-hydrogen) atoms. The molecule has 1 aromatic heterocycles. The Labute approximate surface area is 94.2 Å². The van der Waals surface area contributed by atoms with Crippen molar-refractivity contribution in [3.05, 3.63) is 48.3 Å². The van der Waals surface area contributed by atoms with Crippen LogP contribution in [0.25, 0.3) is 0 Å². The van der Waals surface area contributed by atoms with Gasteiger partial charge in [-0.25, -0.2) is 9.97 Å². The van der Waals surface area contributed by atoms with E-state index in [1.165, 1.54) is 0 Å². The first kappa shape index (κ1) is 10.4. The maximum Gasteiger partial charge on any atom is 0.225 e. The predicted molar refractivity (Wildman–Crippen MR) is 62.2 cm³/mol. The predicted octanol–water partition coefficient (Wildman–Crippen LogP) is 1.82. The van der Waals surface area contributed by atoms with Crippen LogP contribution in [0.4, 0.5) is 5.95 Å². The van der Waals surface area contributed by atoms with Gasteiger partial charge >= 0.3 is 0 Å². The van der Waals surface area contributed by atoms with Crippen molar-refractivity contribution in [2.75, 3.05) is 11.9 Å². The zero-order chi connectivity index (χ0) is 11.4. The summed E-state index contributed by atoms with van der Waals surface area (Å²) in [6.07, 6.45) is 3.44. The number of hydrogen-bond acceptors (Lipinski definition) is 4. The first-order chi connectivity index (χ1) is 7.75. The summed E-state index contributed by atoms with van der Waals surface area (Å²) < 4.78 is 0. The van der Waals surface area contributed by atoms with Crippen LogP contribution >= 0.6 is 0 Å². The Morgan fingerprint density at radius 1 is 1.12 bits per heavy atom. The van der Waals surface area contributed by atoms with Crippen molar-refractivity contribution in [3.8, 4) is 5.75 Å². The maximum absolute atomic E-state index is 9.17. The fraction of sp³-hybridized carbons (Fsp3) is 0.167. The highest BCUT2D eigenvalue weighted by Gasteiger charge is 2.03. The monoisotopic (exact) mass is 215 g/mol. The summed E-state index contributed by atoms with van der Waals surface area (Å²) in [6.45, 7) is 0.713. The lowest BCUT2D eigenvalue weighted by Gasteiger charge is -2.16. The fourth-order valence-electron chi connectivity index (χ4n) is 1.43. The quantitative estimate of drug-likeness (QED) is 0.848. The van der Waals surface area contributed by atoms with Crippen molar-refractivity contribution in [1.29, 1.82) is 0 Å². The first-order valence-electron chi connectivity index (χ1n) is 5.02. The van der Waals surface area contributed by atoms with E-state index in [0.29, 0.717) is 12.5 Å². The second-order valence-corrected chi connectivity index (χ2v) is 3.57. The summed E-state index contributed by atoms with van der Waals surface area (Å²) in [5, 5.41) is 9.17. The van der Waals surface area contributed by atoms with Gasteiger partial charge in [-0.1, -0.05) is 12.1 Å². The summed E-state index contributed by atoms with van der Waals surface area (Å²) in [5.74, 6) is 0.970. The van der Waals surface area contributed by atoms with Crippen LogP contribution in [0.2, 0.25) is 0 Å². The zero-order valence-corrected chi connectivity index (χ0v) is 9.04. The molecule has 0 aliphatic rings. The van der Waals surface area contributed by atoms with Gasteiger partial charge in [0.05, 0.1) is 0 Å². The molecule has 4 nitrogen and oxygen atoms in total. The molecule has 0 saturated heterocycles. The molecule has 0 aliphatic heterocycles. The van der Waals surface area contributed by atoms with E-state index in [1.54, 1.807) is 30.6 Å². The van der Waals surface area contributed by atoms with Crippen LogP contribution in [0.5, 0.6) is 5.75 Å². The molecule has 0 saturated carbocycles. The van der Waals surface area contributed by atoms with Crippen LogP contribution in [-0.4, -0.2) is 22.1 Å². The lowest BCUT2D eigenvalue weighted by Crippen LogP contribution is -2.18. The molecule has 0 atom stereocenters. The average molecular weight is 215 g/mol. The van der Waals surface area contributed by atoms with Crippen molar-refractivity contribution < 1.29 is 5.11 Å². The molecule has 1 N–H and O–H groups in total. The minimum absolute atomic E-state index is 0.280. The molecule has 4 heteroatoms. The standard InChI is InChI=1S/C12H13N3O/c1-15(12-13-7-2-8-14-12)9-10-3-5-11(16)6-4-10/h2-8,16H,9H2,1H3. The van der Waals surface area contributed by atoms with Crippen LogP contribution < -0.4 is 4.90 Å². The molecule has 0 amide bonds. The molecule has 2 rings (SSSR count). The Balaban J connectivity index is 2.08. The molecule has 1 heterocycles. The van der Waals surface area contributed by atoms with E-state index < -0.39 is 0 Å². The number of anilines is 1. The Hall–Kier alpha value is -2.10. The summed E-state index contributed by atoms with van der Waals surface area (Å²) in [6, 6.07) is 8.91. The molecule has 2 aromatic rings. The number of aromatic hydroxyl groups is 1. The lowest BCUT2D eigenvalue weighted by molar-refractivity contribution is 0.475. The Morgan fingerprint density at radius 3 is 2.38 bits per heavy atom. The van der Waals surface area contributed by atoms with Crippen LogP contribution in [0.15, 0.2) is 42.7 Å². The van der Waals surface area contributed by atoms with Gasteiger partial charge in [0.1, 0.15) is 5.75 Å². The van der Waals surface area contributed by atoms with Gasteiger partial charge in [-0.15, -0.1) is 0 Å². The molecule has 0 radical (unpaired) electrons. The third kappa shape index (κ3) is 2.48. The van der Waals surface area contributed by atoms with E-state index in [1.807, 2.05) is 24.1 Å². The number of benzene rings is 1. The van der Waals surface area contributed by atoms with E-state index in [-0.39, 0.29) is 5.75 Å². The number of rotatable bonds is 3. The highest BCUT2D eigenvalue weighted by Crippen LogP contribution is 2.13. The number of aromatic nitrogens is 2. The largest absolute Gasteiger partial charge is 0.508 e. The van der Waals surface area contributed by atoms with Crippen molar-refractivity contribution >= 4 is 5.95 Å². The third-order valence-electron chi connectivity index (χ3n) is 2.25. The van der Waals surface area contributed by atoms with Gasteiger partial charge in [-0.05, 0) is 23.8 Å². The van der Waals surface area contributed by atoms with Gasteiger partial charge < -0.3 is 10.0 Å². The molecule has 0 unspecified atom stereocenters. The number of nitrogens with zero attached hydrogens (tertiary/aromatic N) is 3. The average Bonchev–Trinajstić information content (AvgIpc) is 2.33. The van der Waals surface area contributed by atoms with Crippen molar-refractivity contribution in [3.63, 3.8) is 0 Å². The minimum Gasteiger partial charge on any atom is -0.508 e. The van der Waals surface area contributed by atoms with Gasteiger partial charge in [-0.2, -0.15) is 0 Å². The molecule has 82 valence electrons. The van der Waals surface area contributed by atoms with Gasteiger partial charge in [0.2, 0.25) is 5.95 Å². The van der Waals surface area contributed by atoms with E-state index in [4.69, 9.17) is 5.11 Å². The van der Waals surface area contributed by atoms with Crippen LogP contribution in [0.3, 0.4) is 0 Å². The van der Waals surface area contributed by atoms with Crippen LogP contribution in [0, 0.1) is 0 Å². The van der Waals surface area contributed by atoms with Crippen LogP contribution in [0.1, 0.15) is 5.56 Å². The number of phenolic OH excluding ortho intramolecular Hbond substituents is 1. The van der Waals surface area contributed by atoms with Gasteiger partial charge in [0.15, 0.2) is 0 Å². The van der Waals surface area contributed by atoms with Crippen molar-refractivity contribution in [2.45, 2.75) is 6.54 Å². The fourth-order valence-corrected chi connectivity index (χ4v) is 1.43. The maximum atomic E-state index is 9.17. The van der Waals surface area contributed by atoms with Crippen molar-refractivity contribution in [2.24, 2.45) is 0 Å². The molecule has 0 fully saturated rings. The number of phenols is 1. The number of hydrogen-bond donors (Lipinski definition) is 1. The van der Waals surface area contributed by atoms with Crippen molar-refractivity contribution in [1.82, 2.24) is 9.97 Å². The van der Waals surface area contributed by atoms with Gasteiger partial charge in [-0.3, -0.25) is 0 Å². The first-order valence-corrected chi connectivity index (χ1v) is 5.02. The van der Waals surface area contributed by atoms with E-state index in [2.05, 4.69) is 9.97 Å². The van der Waals surface area contributed by atoms with E-state index >= 15 is 0 Å². The molecular weight excluding hydrogens is 202 g/mol. The Bertz CT molecular complexity index is 442. The van der Waals surface area contributed by atoms with Gasteiger partial charge in [0.25, 0.3) is 0 Å². The van der Waals surface area contributed by atoms with Crippen LogP contribution in [-0.2, 0) is 6.54 Å². The summed E-state index contributed by atoms with van der Waals surface area (Å²) >= 11 is 0. The Morgan fingerprint density at radius 2 is 1.75 bits per heavy atom. The molecule has 0 aliphatic carbocycles. The molecule has 0 bridgehead atoms. The highest BCUT2D eigenvalue weighted by molar-refractivity contribution is 5.32. The van der Waals surface area contributed by atoms with Gasteiger partial charge in [0, 0.05) is 26.0 Å². The third-order valence-corrected chi connectivity index (χ3v) is 2.25. The zero-order valence-electron chi connectivity index (χ0n) is 9.04. The Kier molecular flexibility index (Phi) is 3.00. The topological polar surface area (TPSA) is 49.2 Å². The lowest BCUT2D eigenvalue weighted by atomic mass is 10.2. The smallest absolute Gasteiger partial charge is 0.225 e. The molecule has 0 spiro atoms.